The largest absolute Gasteiger partial charge is 0.469 e. The maximum atomic E-state index is 14.5. The van der Waals surface area contributed by atoms with Gasteiger partial charge in [0.05, 0.1) is 24.4 Å². The minimum absolute atomic E-state index is 0.0294. The first-order valence-electron chi connectivity index (χ1n) is 14.6. The average Bonchev–Trinajstić information content (AvgIpc) is 3.51. The van der Waals surface area contributed by atoms with Gasteiger partial charge in [0.15, 0.2) is 5.78 Å². The van der Waals surface area contributed by atoms with E-state index in [1.54, 1.807) is 13.0 Å². The van der Waals surface area contributed by atoms with Gasteiger partial charge in [0.25, 0.3) is 0 Å². The highest BCUT2D eigenvalue weighted by atomic mass is 16.5. The highest BCUT2D eigenvalue weighted by Gasteiger charge is 2.67. The fraction of sp³-hybridized carbons (Fsp3) is 0.515. The number of ether oxygens (including phenoxy) is 1. The van der Waals surface area contributed by atoms with Crippen molar-refractivity contribution in [3.63, 3.8) is 0 Å². The number of H-pyrrole nitrogens is 1. The molecule has 2 aliphatic carbocycles. The molecule has 8 nitrogen and oxygen atoms in total. The molecule has 3 N–H and O–H groups in total. The molecule has 41 heavy (non-hydrogen) atoms. The second kappa shape index (κ2) is 11.0. The Kier molecular flexibility index (Phi) is 7.81. The van der Waals surface area contributed by atoms with E-state index in [9.17, 15) is 24.3 Å². The number of aromatic amines is 1. The number of Topliss-reactive ketones (excluding diaryl/α,β-unsaturated/α-hetero) is 2. The van der Waals surface area contributed by atoms with Crippen LogP contribution < -0.4 is 5.32 Å². The van der Waals surface area contributed by atoms with Crippen molar-refractivity contribution in [2.75, 3.05) is 7.11 Å². The molecule has 0 radical (unpaired) electrons. The Labute approximate surface area is 240 Å². The zero-order valence-corrected chi connectivity index (χ0v) is 24.3. The smallest absolute Gasteiger partial charge is 0.310 e. The van der Waals surface area contributed by atoms with Gasteiger partial charge in [-0.2, -0.15) is 0 Å². The first-order valence-corrected chi connectivity index (χ1v) is 14.6. The number of benzene rings is 1. The van der Waals surface area contributed by atoms with Gasteiger partial charge in [-0.1, -0.05) is 57.2 Å². The lowest BCUT2D eigenvalue weighted by molar-refractivity contribution is -0.166. The summed E-state index contributed by atoms with van der Waals surface area (Å²) in [4.78, 5) is 58.7. The van der Waals surface area contributed by atoms with Crippen molar-refractivity contribution in [1.29, 1.82) is 0 Å². The predicted molar refractivity (Wildman–Crippen MR) is 154 cm³/mol. The molecule has 9 atom stereocenters. The summed E-state index contributed by atoms with van der Waals surface area (Å²) < 4.78 is 5.19. The molecule has 2 fully saturated rings. The van der Waals surface area contributed by atoms with Crippen LogP contribution in [0.5, 0.6) is 0 Å². The van der Waals surface area contributed by atoms with E-state index in [2.05, 4.69) is 10.3 Å². The first-order chi connectivity index (χ1) is 19.5. The van der Waals surface area contributed by atoms with Crippen LogP contribution in [0.4, 0.5) is 0 Å². The van der Waals surface area contributed by atoms with Crippen LogP contribution in [0.1, 0.15) is 46.1 Å². The lowest BCUT2D eigenvalue weighted by Crippen LogP contribution is -2.59. The summed E-state index contributed by atoms with van der Waals surface area (Å²) in [6.45, 7) is 7.51. The molecular formula is C33H40N2O6. The lowest BCUT2D eigenvalue weighted by atomic mass is 9.49. The summed E-state index contributed by atoms with van der Waals surface area (Å²) in [6, 6.07) is 7.72. The molecule has 1 saturated carbocycles. The van der Waals surface area contributed by atoms with Crippen LogP contribution in [-0.4, -0.2) is 52.8 Å². The number of carbonyl (C=O) groups is 4. The van der Waals surface area contributed by atoms with Crippen LogP contribution in [0.25, 0.3) is 10.9 Å². The number of carbonyl (C=O) groups excluding carboxylic acids is 4. The standard InChI is InChI=1S/C33H40N2O6/c1-17-9-8-12-33(23(32(40)41-5)15-26(36)29(37)18(2)13-17)28-27(19(3)20(4)30(33)38)25(35-31(28)39)14-21-16-34-24-11-7-6-10-22(21)24/h6-8,10-13,16-17,19-20,23,25,27-29,34,37H,9,14-15H2,1-5H3,(H,35,39)/t17-,19+,20+,23+,25-,27-,28+,29+,33-/m0/s1. The van der Waals surface area contributed by atoms with E-state index in [-0.39, 0.29) is 35.5 Å². The zero-order chi connectivity index (χ0) is 29.6. The van der Waals surface area contributed by atoms with E-state index in [1.807, 2.05) is 63.4 Å². The van der Waals surface area contributed by atoms with Crippen LogP contribution in [0, 0.1) is 40.9 Å². The summed E-state index contributed by atoms with van der Waals surface area (Å²) >= 11 is 0. The number of aromatic nitrogens is 1. The Morgan fingerprint density at radius 2 is 1.88 bits per heavy atom. The van der Waals surface area contributed by atoms with Gasteiger partial charge in [0.2, 0.25) is 5.91 Å². The predicted octanol–water partition coefficient (Wildman–Crippen LogP) is 3.93. The highest BCUT2D eigenvalue weighted by Crippen LogP contribution is 2.57. The number of hydrogen-bond acceptors (Lipinski definition) is 6. The normalized spacial score (nSPS) is 36.0. The molecule has 1 aliphatic heterocycles. The number of hydrogen-bond donors (Lipinski definition) is 3. The number of nitrogens with one attached hydrogen (secondary N) is 2. The molecule has 0 unspecified atom stereocenters. The van der Waals surface area contributed by atoms with Gasteiger partial charge in [-0.25, -0.2) is 0 Å². The minimum Gasteiger partial charge on any atom is -0.469 e. The highest BCUT2D eigenvalue weighted by molar-refractivity contribution is 6.02. The maximum absolute atomic E-state index is 14.5. The van der Waals surface area contributed by atoms with Crippen LogP contribution >= 0.6 is 0 Å². The Morgan fingerprint density at radius 3 is 2.61 bits per heavy atom. The van der Waals surface area contributed by atoms with E-state index in [0.717, 1.165) is 16.5 Å². The Balaban J connectivity index is 1.64. The number of fused-ring (bicyclic) bond motifs is 3. The fourth-order valence-corrected chi connectivity index (χ4v) is 7.76. The van der Waals surface area contributed by atoms with E-state index in [1.165, 1.54) is 7.11 Å². The van der Waals surface area contributed by atoms with Crippen molar-refractivity contribution < 1.29 is 29.0 Å². The number of aliphatic hydroxyl groups excluding tert-OH is 1. The van der Waals surface area contributed by atoms with E-state index in [4.69, 9.17) is 4.74 Å². The van der Waals surface area contributed by atoms with Crippen LogP contribution in [0.3, 0.4) is 0 Å². The quantitative estimate of drug-likeness (QED) is 0.386. The van der Waals surface area contributed by atoms with Crippen molar-refractivity contribution in [3.05, 3.63) is 59.8 Å². The van der Waals surface area contributed by atoms with Crippen LogP contribution in [-0.2, 0) is 30.3 Å². The van der Waals surface area contributed by atoms with Gasteiger partial charge in [-0.05, 0) is 54.7 Å². The third-order valence-electron chi connectivity index (χ3n) is 9.98. The number of amides is 1. The molecule has 1 spiro atoms. The molecule has 2 aromatic rings. The molecule has 5 rings (SSSR count). The number of allylic oxidation sites excluding steroid dienone is 3. The van der Waals surface area contributed by atoms with Crippen molar-refractivity contribution in [2.24, 2.45) is 40.9 Å². The number of rotatable bonds is 3. The molecule has 1 amide bonds. The van der Waals surface area contributed by atoms with Crippen LogP contribution in [0.15, 0.2) is 54.3 Å². The number of ketones is 2. The van der Waals surface area contributed by atoms with Crippen molar-refractivity contribution >= 4 is 34.3 Å². The second-order valence-electron chi connectivity index (χ2n) is 12.4. The van der Waals surface area contributed by atoms with Gasteiger partial charge < -0.3 is 20.1 Å². The van der Waals surface area contributed by atoms with Crippen molar-refractivity contribution in [2.45, 2.75) is 59.1 Å². The Hall–Kier alpha value is -3.52. The maximum Gasteiger partial charge on any atom is 0.310 e. The molecular weight excluding hydrogens is 520 g/mol. The van der Waals surface area contributed by atoms with E-state index in [0.29, 0.717) is 18.4 Å². The summed E-state index contributed by atoms with van der Waals surface area (Å²) in [5.41, 5.74) is 0.985. The lowest BCUT2D eigenvalue weighted by Gasteiger charge is -2.50. The number of methoxy groups -OCH3 is 1. The Bertz CT molecular complexity index is 1440. The number of esters is 1. The zero-order valence-electron chi connectivity index (χ0n) is 24.3. The summed E-state index contributed by atoms with van der Waals surface area (Å²) in [5, 5.41) is 15.1. The van der Waals surface area contributed by atoms with Gasteiger partial charge in [-0.3, -0.25) is 19.2 Å². The van der Waals surface area contributed by atoms with E-state index < -0.39 is 47.4 Å². The minimum atomic E-state index is -1.59. The summed E-state index contributed by atoms with van der Waals surface area (Å²) in [6.07, 6.45) is 6.66. The SMILES string of the molecule is COC(=O)[C@H]1CC(=O)[C@H](O)C(C)=C[C@@H](C)CC=C[C@]12C(=O)[C@H](C)[C@@H](C)[C@H]1[C@H](Cc3c[nH]c4ccccc34)NC(=O)[C@@H]12. The monoisotopic (exact) mass is 560 g/mol. The molecule has 8 heteroatoms. The topological polar surface area (TPSA) is 126 Å². The third-order valence-corrected chi connectivity index (χ3v) is 9.98. The molecule has 1 aromatic heterocycles. The Morgan fingerprint density at radius 1 is 1.15 bits per heavy atom. The fourth-order valence-electron chi connectivity index (χ4n) is 7.76. The molecule has 2 heterocycles. The van der Waals surface area contributed by atoms with Gasteiger partial charge >= 0.3 is 5.97 Å². The van der Waals surface area contributed by atoms with Crippen LogP contribution in [0.2, 0.25) is 0 Å². The first kappa shape index (κ1) is 29.0. The van der Waals surface area contributed by atoms with Gasteiger partial charge in [-0.15, -0.1) is 0 Å². The summed E-state index contributed by atoms with van der Waals surface area (Å²) in [5.74, 6) is -4.88. The van der Waals surface area contributed by atoms with Gasteiger partial charge in [0, 0.05) is 35.5 Å². The molecule has 218 valence electrons. The van der Waals surface area contributed by atoms with Gasteiger partial charge in [0.1, 0.15) is 11.9 Å². The number of aliphatic hydroxyl groups is 1. The number of para-hydroxylation sites is 1. The molecule has 3 aliphatic rings. The summed E-state index contributed by atoms with van der Waals surface area (Å²) in [7, 11) is 1.23. The van der Waals surface area contributed by atoms with Crippen molar-refractivity contribution in [1.82, 2.24) is 10.3 Å². The third kappa shape index (κ3) is 4.76. The van der Waals surface area contributed by atoms with Crippen molar-refractivity contribution in [3.8, 4) is 0 Å². The average molecular weight is 561 g/mol. The molecule has 0 bridgehead atoms. The molecule has 1 saturated heterocycles. The second-order valence-corrected chi connectivity index (χ2v) is 12.4. The molecule has 1 aromatic carbocycles. The van der Waals surface area contributed by atoms with E-state index >= 15 is 0 Å².